The smallest absolute Gasteiger partial charge is 0.251 e. The van der Waals surface area contributed by atoms with Gasteiger partial charge in [-0.05, 0) is 24.5 Å². The number of hydrogen-bond donors (Lipinski definition) is 1. The minimum Gasteiger partial charge on any atom is -0.384 e. The molecular formula is C13H16N2O2. The number of carbonyl (C=O) groups excluding carboxylic acids is 1. The van der Waals surface area contributed by atoms with Crippen molar-refractivity contribution in [2.45, 2.75) is 12.8 Å². The van der Waals surface area contributed by atoms with Gasteiger partial charge in [0, 0.05) is 12.2 Å². The Morgan fingerprint density at radius 3 is 3.12 bits per heavy atom. The molecule has 1 amide bonds. The second kappa shape index (κ2) is 4.37. The quantitative estimate of drug-likeness (QED) is 0.796. The van der Waals surface area contributed by atoms with E-state index >= 15 is 0 Å². The first kappa shape index (κ1) is 10.6. The molecule has 4 nitrogen and oxygen atoms in total. The lowest BCUT2D eigenvalue weighted by Gasteiger charge is -2.27. The van der Waals surface area contributed by atoms with Crippen LogP contribution in [0.15, 0.2) is 24.3 Å². The van der Waals surface area contributed by atoms with E-state index in [1.807, 2.05) is 12.1 Å². The normalized spacial score (nSPS) is 23.1. The van der Waals surface area contributed by atoms with E-state index in [0.717, 1.165) is 25.1 Å². The van der Waals surface area contributed by atoms with E-state index in [9.17, 15) is 4.79 Å². The third-order valence-electron chi connectivity index (χ3n) is 3.37. The van der Waals surface area contributed by atoms with E-state index in [0.29, 0.717) is 13.2 Å². The summed E-state index contributed by atoms with van der Waals surface area (Å²) in [7, 11) is 0. The molecule has 1 aromatic carbocycles. The zero-order valence-electron chi connectivity index (χ0n) is 9.69. The van der Waals surface area contributed by atoms with Crippen LogP contribution in [0.1, 0.15) is 12.0 Å². The number of nitrogens with zero attached hydrogens (tertiary/aromatic N) is 1. The average molecular weight is 232 g/mol. The second-order valence-corrected chi connectivity index (χ2v) is 4.57. The van der Waals surface area contributed by atoms with Gasteiger partial charge in [0.05, 0.1) is 19.1 Å². The third-order valence-corrected chi connectivity index (χ3v) is 3.37. The van der Waals surface area contributed by atoms with Gasteiger partial charge in [-0.15, -0.1) is 0 Å². The first-order valence-electron chi connectivity index (χ1n) is 6.10. The molecule has 90 valence electrons. The van der Waals surface area contributed by atoms with E-state index < -0.39 is 0 Å². The lowest BCUT2D eigenvalue weighted by atomic mass is 9.93. The standard InChI is InChI=1S/C13H16N2O2/c16-13(15-6-3-7-17-15)11-8-10-4-1-2-5-12(10)14-9-11/h1-2,4-5,11,14H,3,6-9H2. The minimum absolute atomic E-state index is 0.00278. The molecule has 0 bridgehead atoms. The number of para-hydroxylation sites is 1. The summed E-state index contributed by atoms with van der Waals surface area (Å²) in [5, 5.41) is 4.84. The first-order valence-corrected chi connectivity index (χ1v) is 6.10. The van der Waals surface area contributed by atoms with Crippen molar-refractivity contribution >= 4 is 11.6 Å². The molecule has 2 aliphatic heterocycles. The molecular weight excluding hydrogens is 216 g/mol. The molecule has 0 aromatic heterocycles. The summed E-state index contributed by atoms with van der Waals surface area (Å²) in [4.78, 5) is 17.5. The predicted octanol–water partition coefficient (Wildman–Crippen LogP) is 1.43. The molecule has 2 heterocycles. The Morgan fingerprint density at radius 1 is 1.41 bits per heavy atom. The molecule has 1 unspecified atom stereocenters. The van der Waals surface area contributed by atoms with Crippen LogP contribution in [0.3, 0.4) is 0 Å². The summed E-state index contributed by atoms with van der Waals surface area (Å²) >= 11 is 0. The zero-order chi connectivity index (χ0) is 11.7. The van der Waals surface area contributed by atoms with Crippen LogP contribution in [-0.2, 0) is 16.1 Å². The van der Waals surface area contributed by atoms with Crippen molar-refractivity contribution in [1.29, 1.82) is 0 Å². The van der Waals surface area contributed by atoms with E-state index in [2.05, 4.69) is 17.4 Å². The summed E-state index contributed by atoms with van der Waals surface area (Å²) in [6.45, 7) is 2.11. The number of hydroxylamine groups is 2. The number of amides is 1. The van der Waals surface area contributed by atoms with Crippen molar-refractivity contribution in [2.24, 2.45) is 5.92 Å². The first-order chi connectivity index (χ1) is 8.34. The molecule has 1 atom stereocenters. The number of benzene rings is 1. The SMILES string of the molecule is O=C(C1CNc2ccccc2C1)N1CCCO1. The van der Waals surface area contributed by atoms with Gasteiger partial charge in [0.2, 0.25) is 0 Å². The highest BCUT2D eigenvalue weighted by Gasteiger charge is 2.30. The Balaban J connectivity index is 1.73. The van der Waals surface area contributed by atoms with Crippen molar-refractivity contribution < 1.29 is 9.63 Å². The number of fused-ring (bicyclic) bond motifs is 1. The zero-order valence-corrected chi connectivity index (χ0v) is 9.69. The molecule has 17 heavy (non-hydrogen) atoms. The fourth-order valence-electron chi connectivity index (χ4n) is 2.44. The second-order valence-electron chi connectivity index (χ2n) is 4.57. The maximum atomic E-state index is 12.2. The van der Waals surface area contributed by atoms with Gasteiger partial charge in [-0.3, -0.25) is 9.63 Å². The number of nitrogens with one attached hydrogen (secondary N) is 1. The fourth-order valence-corrected chi connectivity index (χ4v) is 2.44. The molecule has 1 aromatic rings. The maximum Gasteiger partial charge on any atom is 0.251 e. The van der Waals surface area contributed by atoms with Gasteiger partial charge < -0.3 is 5.32 Å². The van der Waals surface area contributed by atoms with Crippen LogP contribution >= 0.6 is 0 Å². The summed E-state index contributed by atoms with van der Waals surface area (Å²) in [6, 6.07) is 8.16. The number of carbonyl (C=O) groups is 1. The monoisotopic (exact) mass is 232 g/mol. The molecule has 1 N–H and O–H groups in total. The number of rotatable bonds is 1. The Hall–Kier alpha value is -1.55. The van der Waals surface area contributed by atoms with Gasteiger partial charge in [-0.1, -0.05) is 18.2 Å². The largest absolute Gasteiger partial charge is 0.384 e. The summed E-state index contributed by atoms with van der Waals surface area (Å²) in [5.74, 6) is 0.118. The highest BCUT2D eigenvalue weighted by molar-refractivity contribution is 5.80. The summed E-state index contributed by atoms with van der Waals surface area (Å²) in [6.07, 6.45) is 1.75. The maximum absolute atomic E-state index is 12.2. The molecule has 1 fully saturated rings. The van der Waals surface area contributed by atoms with Gasteiger partial charge in [-0.25, -0.2) is 5.06 Å². The van der Waals surface area contributed by atoms with Crippen molar-refractivity contribution in [3.8, 4) is 0 Å². The number of anilines is 1. The molecule has 0 saturated carbocycles. The van der Waals surface area contributed by atoms with Crippen molar-refractivity contribution in [2.75, 3.05) is 25.0 Å². The van der Waals surface area contributed by atoms with Crippen molar-refractivity contribution in [1.82, 2.24) is 5.06 Å². The number of hydrogen-bond acceptors (Lipinski definition) is 3. The Kier molecular flexibility index (Phi) is 2.73. The van der Waals surface area contributed by atoms with Gasteiger partial charge in [0.25, 0.3) is 5.91 Å². The van der Waals surface area contributed by atoms with E-state index in [1.54, 1.807) is 0 Å². The molecule has 3 rings (SSSR count). The van der Waals surface area contributed by atoms with E-state index in [-0.39, 0.29) is 11.8 Å². The van der Waals surface area contributed by atoms with Crippen molar-refractivity contribution in [3.05, 3.63) is 29.8 Å². The minimum atomic E-state index is 0.00278. The molecule has 4 heteroatoms. The highest BCUT2D eigenvalue weighted by atomic mass is 16.7. The van der Waals surface area contributed by atoms with Crippen LogP contribution in [0, 0.1) is 5.92 Å². The van der Waals surface area contributed by atoms with Gasteiger partial charge in [0.1, 0.15) is 0 Å². The van der Waals surface area contributed by atoms with Crippen LogP contribution in [0.25, 0.3) is 0 Å². The molecule has 0 aliphatic carbocycles. The van der Waals surface area contributed by atoms with Crippen LogP contribution in [-0.4, -0.2) is 30.7 Å². The molecule has 0 spiro atoms. The fraction of sp³-hybridized carbons (Fsp3) is 0.462. The topological polar surface area (TPSA) is 41.6 Å². The third kappa shape index (κ3) is 2.00. The lowest BCUT2D eigenvalue weighted by molar-refractivity contribution is -0.173. The Bertz CT molecular complexity index is 427. The van der Waals surface area contributed by atoms with Gasteiger partial charge in [-0.2, -0.15) is 0 Å². The van der Waals surface area contributed by atoms with Crippen molar-refractivity contribution in [3.63, 3.8) is 0 Å². The van der Waals surface area contributed by atoms with Crippen LogP contribution in [0.2, 0.25) is 0 Å². The molecule has 0 radical (unpaired) electrons. The summed E-state index contributed by atoms with van der Waals surface area (Å²) < 4.78 is 0. The van der Waals surface area contributed by atoms with Gasteiger partial charge >= 0.3 is 0 Å². The van der Waals surface area contributed by atoms with Crippen LogP contribution < -0.4 is 5.32 Å². The van der Waals surface area contributed by atoms with Crippen LogP contribution in [0.5, 0.6) is 0 Å². The van der Waals surface area contributed by atoms with E-state index in [1.165, 1.54) is 10.6 Å². The Morgan fingerprint density at radius 2 is 2.29 bits per heavy atom. The highest BCUT2D eigenvalue weighted by Crippen LogP contribution is 2.25. The van der Waals surface area contributed by atoms with Gasteiger partial charge in [0.15, 0.2) is 0 Å². The van der Waals surface area contributed by atoms with Crippen LogP contribution in [0.4, 0.5) is 5.69 Å². The van der Waals surface area contributed by atoms with E-state index in [4.69, 9.17) is 4.84 Å². The lowest BCUT2D eigenvalue weighted by Crippen LogP contribution is -2.39. The summed E-state index contributed by atoms with van der Waals surface area (Å²) in [5.41, 5.74) is 2.37. The molecule has 2 aliphatic rings. The Labute approximate surface area is 101 Å². The average Bonchev–Trinajstić information content (AvgIpc) is 2.91. The molecule has 1 saturated heterocycles. The predicted molar refractivity (Wildman–Crippen MR) is 64.4 cm³/mol.